The number of benzene rings is 3. The number of rotatable bonds is 7. The SMILES string of the molecule is NCc1cccc(C(=O)Nc2ccc(N3CCCCC3)cc2C(=O)N/N=C/c2ccc(Cl)c(C(F)(F)F)c2)c1. The summed E-state index contributed by atoms with van der Waals surface area (Å²) in [6.45, 7) is 1.96. The van der Waals surface area contributed by atoms with Gasteiger partial charge >= 0.3 is 6.18 Å². The van der Waals surface area contributed by atoms with Crippen molar-refractivity contribution in [2.75, 3.05) is 23.3 Å². The molecule has 0 atom stereocenters. The molecule has 1 aliphatic heterocycles. The van der Waals surface area contributed by atoms with E-state index in [2.05, 4.69) is 20.7 Å². The fourth-order valence-electron chi connectivity index (χ4n) is 4.28. The van der Waals surface area contributed by atoms with Gasteiger partial charge in [0.2, 0.25) is 0 Å². The molecule has 1 saturated heterocycles. The Morgan fingerprint density at radius 3 is 2.49 bits per heavy atom. The van der Waals surface area contributed by atoms with Gasteiger partial charge in [-0.3, -0.25) is 9.59 Å². The second-order valence-corrected chi connectivity index (χ2v) is 9.48. The van der Waals surface area contributed by atoms with Gasteiger partial charge in [-0.25, -0.2) is 5.43 Å². The molecule has 4 rings (SSSR count). The van der Waals surface area contributed by atoms with Crippen molar-refractivity contribution in [3.63, 3.8) is 0 Å². The fourth-order valence-corrected chi connectivity index (χ4v) is 4.50. The average Bonchev–Trinajstić information content (AvgIpc) is 2.94. The molecular formula is C28H27ClF3N5O2. The van der Waals surface area contributed by atoms with Crippen molar-refractivity contribution in [3.05, 3.63) is 93.5 Å². The summed E-state index contributed by atoms with van der Waals surface area (Å²) in [6, 6.07) is 15.3. The second-order valence-electron chi connectivity index (χ2n) is 9.07. The van der Waals surface area contributed by atoms with Crippen molar-refractivity contribution in [2.45, 2.75) is 32.0 Å². The largest absolute Gasteiger partial charge is 0.417 e. The van der Waals surface area contributed by atoms with Crippen LogP contribution in [0.25, 0.3) is 0 Å². The molecular weight excluding hydrogens is 531 g/mol. The summed E-state index contributed by atoms with van der Waals surface area (Å²) >= 11 is 5.67. The first-order chi connectivity index (χ1) is 18.7. The number of alkyl halides is 3. The van der Waals surface area contributed by atoms with Crippen LogP contribution in [-0.2, 0) is 12.7 Å². The number of hydrogen-bond donors (Lipinski definition) is 3. The van der Waals surface area contributed by atoms with Gasteiger partial charge < -0.3 is 16.0 Å². The molecule has 4 N–H and O–H groups in total. The molecule has 0 aromatic heterocycles. The van der Waals surface area contributed by atoms with Gasteiger partial charge in [0.1, 0.15) is 0 Å². The van der Waals surface area contributed by atoms with Crippen molar-refractivity contribution >= 4 is 41.0 Å². The summed E-state index contributed by atoms with van der Waals surface area (Å²) in [5.74, 6) is -1.06. The molecule has 3 aromatic carbocycles. The van der Waals surface area contributed by atoms with Crippen molar-refractivity contribution in [1.82, 2.24) is 5.43 Å². The predicted molar refractivity (Wildman–Crippen MR) is 146 cm³/mol. The topological polar surface area (TPSA) is 99.8 Å². The number of carbonyl (C=O) groups excluding carboxylic acids is 2. The van der Waals surface area contributed by atoms with Crippen LogP contribution in [-0.4, -0.2) is 31.1 Å². The lowest BCUT2D eigenvalue weighted by Crippen LogP contribution is -2.30. The highest BCUT2D eigenvalue weighted by Crippen LogP contribution is 2.35. The van der Waals surface area contributed by atoms with Gasteiger partial charge in [0.15, 0.2) is 0 Å². The molecule has 0 spiro atoms. The number of carbonyl (C=O) groups is 2. The third kappa shape index (κ3) is 7.15. The van der Waals surface area contributed by atoms with Gasteiger partial charge in [0.25, 0.3) is 11.8 Å². The highest BCUT2D eigenvalue weighted by molar-refractivity contribution is 6.31. The third-order valence-electron chi connectivity index (χ3n) is 6.32. The van der Waals surface area contributed by atoms with Crippen LogP contribution in [0.3, 0.4) is 0 Å². The molecule has 1 fully saturated rings. The number of nitrogens with one attached hydrogen (secondary N) is 2. The highest BCUT2D eigenvalue weighted by Gasteiger charge is 2.33. The summed E-state index contributed by atoms with van der Waals surface area (Å²) in [7, 11) is 0. The zero-order chi connectivity index (χ0) is 28.0. The second kappa shape index (κ2) is 12.3. The van der Waals surface area contributed by atoms with E-state index in [0.29, 0.717) is 5.56 Å². The molecule has 0 radical (unpaired) electrons. The number of halogens is 4. The van der Waals surface area contributed by atoms with Crippen LogP contribution in [0, 0.1) is 0 Å². The van der Waals surface area contributed by atoms with Crippen LogP contribution in [0.1, 0.15) is 56.7 Å². The van der Waals surface area contributed by atoms with Crippen molar-refractivity contribution in [2.24, 2.45) is 10.8 Å². The number of hydrogen-bond acceptors (Lipinski definition) is 5. The van der Waals surface area contributed by atoms with Crippen LogP contribution in [0.2, 0.25) is 5.02 Å². The van der Waals surface area contributed by atoms with Crippen LogP contribution >= 0.6 is 11.6 Å². The van der Waals surface area contributed by atoms with E-state index in [1.54, 1.807) is 36.4 Å². The maximum absolute atomic E-state index is 13.2. The predicted octanol–water partition coefficient (Wildman–Crippen LogP) is 5.82. The van der Waals surface area contributed by atoms with Gasteiger partial charge in [-0.1, -0.05) is 29.8 Å². The molecule has 0 aliphatic carbocycles. The number of hydrazone groups is 1. The molecule has 7 nitrogen and oxygen atoms in total. The normalized spacial score (nSPS) is 13.9. The minimum atomic E-state index is -4.63. The number of piperidine rings is 1. The molecule has 3 aromatic rings. The van der Waals surface area contributed by atoms with Crippen molar-refractivity contribution in [1.29, 1.82) is 0 Å². The minimum absolute atomic E-state index is 0.0994. The maximum Gasteiger partial charge on any atom is 0.417 e. The Morgan fingerprint density at radius 1 is 1.00 bits per heavy atom. The van der Waals surface area contributed by atoms with Crippen molar-refractivity contribution in [3.8, 4) is 0 Å². The Labute approximate surface area is 228 Å². The number of amides is 2. The van der Waals surface area contributed by atoms with E-state index in [9.17, 15) is 22.8 Å². The zero-order valence-corrected chi connectivity index (χ0v) is 21.6. The third-order valence-corrected chi connectivity index (χ3v) is 6.65. The fraction of sp³-hybridized carbons (Fsp3) is 0.250. The van der Waals surface area contributed by atoms with Gasteiger partial charge in [-0.15, -0.1) is 0 Å². The van der Waals surface area contributed by atoms with Crippen LogP contribution in [0.15, 0.2) is 65.8 Å². The Bertz CT molecular complexity index is 1390. The molecule has 0 unspecified atom stereocenters. The van der Waals surface area contributed by atoms with Gasteiger partial charge in [-0.2, -0.15) is 18.3 Å². The molecule has 39 heavy (non-hydrogen) atoms. The molecule has 0 saturated carbocycles. The zero-order valence-electron chi connectivity index (χ0n) is 20.9. The number of nitrogens with zero attached hydrogens (tertiary/aromatic N) is 2. The Hall–Kier alpha value is -3.89. The van der Waals surface area contributed by atoms with Crippen LogP contribution < -0.4 is 21.4 Å². The van der Waals surface area contributed by atoms with E-state index in [0.717, 1.165) is 62.0 Å². The summed E-state index contributed by atoms with van der Waals surface area (Å²) in [5.41, 5.74) is 9.53. The molecule has 204 valence electrons. The monoisotopic (exact) mass is 557 g/mol. The lowest BCUT2D eigenvalue weighted by atomic mass is 10.1. The van der Waals surface area contributed by atoms with Crippen molar-refractivity contribution < 1.29 is 22.8 Å². The first-order valence-corrected chi connectivity index (χ1v) is 12.7. The number of anilines is 2. The van der Waals surface area contributed by atoms with E-state index < -0.39 is 28.6 Å². The smallest absolute Gasteiger partial charge is 0.372 e. The minimum Gasteiger partial charge on any atom is -0.372 e. The van der Waals surface area contributed by atoms with E-state index in [1.165, 1.54) is 6.07 Å². The Balaban J connectivity index is 1.58. The van der Waals surface area contributed by atoms with E-state index >= 15 is 0 Å². The van der Waals surface area contributed by atoms with Crippen LogP contribution in [0.5, 0.6) is 0 Å². The first kappa shape index (κ1) is 28.1. The molecule has 0 bridgehead atoms. The van der Waals surface area contributed by atoms with Crippen LogP contribution in [0.4, 0.5) is 24.5 Å². The summed E-state index contributed by atoms with van der Waals surface area (Å²) in [4.78, 5) is 28.3. The highest BCUT2D eigenvalue weighted by atomic mass is 35.5. The van der Waals surface area contributed by atoms with Gasteiger partial charge in [0, 0.05) is 30.9 Å². The van der Waals surface area contributed by atoms with Gasteiger partial charge in [-0.05, 0) is 72.9 Å². The lowest BCUT2D eigenvalue weighted by molar-refractivity contribution is -0.137. The molecule has 11 heteroatoms. The Morgan fingerprint density at radius 2 is 1.77 bits per heavy atom. The molecule has 1 aliphatic rings. The summed E-state index contributed by atoms with van der Waals surface area (Å²) in [5, 5.41) is 6.18. The quantitative estimate of drug-likeness (QED) is 0.252. The van der Waals surface area contributed by atoms with E-state index in [-0.39, 0.29) is 23.4 Å². The molecule has 2 amide bonds. The average molecular weight is 558 g/mol. The summed E-state index contributed by atoms with van der Waals surface area (Å²) < 4.78 is 39.5. The number of nitrogens with two attached hydrogens (primary N) is 1. The van der Waals surface area contributed by atoms with E-state index in [1.807, 2.05) is 6.07 Å². The molecule has 1 heterocycles. The van der Waals surface area contributed by atoms with E-state index in [4.69, 9.17) is 17.3 Å². The maximum atomic E-state index is 13.2. The summed E-state index contributed by atoms with van der Waals surface area (Å²) in [6.07, 6.45) is -0.342. The van der Waals surface area contributed by atoms with Gasteiger partial charge in [0.05, 0.1) is 28.1 Å². The standard InChI is InChI=1S/C28H27ClF3N5O2/c29-24-9-7-19(14-23(24)28(30,31)32)17-34-36-27(39)22-15-21(37-11-2-1-3-12-37)8-10-25(22)35-26(38)20-6-4-5-18(13-20)16-33/h4-10,13-15,17H,1-3,11-12,16,33H2,(H,35,38)(H,36,39)/b34-17+. The first-order valence-electron chi connectivity index (χ1n) is 12.3. The lowest BCUT2D eigenvalue weighted by Gasteiger charge is -2.29. The Kier molecular flexibility index (Phi) is 8.88.